The highest BCUT2D eigenvalue weighted by atomic mass is 32.2. The standard InChI is InChI=1S/C13H22N2O3S/c1-5-11-8-12(15(6-2)14-11)9-19(17)10(3)7-13(16)18-4/h8,10H,5-7,9H2,1-4H3. The lowest BCUT2D eigenvalue weighted by Gasteiger charge is -2.10. The molecule has 2 atom stereocenters. The second-order valence-corrected chi connectivity index (χ2v) is 6.27. The van der Waals surface area contributed by atoms with E-state index in [1.54, 1.807) is 6.92 Å². The predicted molar refractivity (Wildman–Crippen MR) is 75.2 cm³/mol. The Labute approximate surface area is 116 Å². The predicted octanol–water partition coefficient (Wildman–Crippen LogP) is 1.67. The number of rotatable bonds is 7. The van der Waals surface area contributed by atoms with Gasteiger partial charge in [0.2, 0.25) is 0 Å². The molecule has 1 aromatic heterocycles. The Hall–Kier alpha value is -1.17. The molecule has 0 aliphatic carbocycles. The topological polar surface area (TPSA) is 61.2 Å². The van der Waals surface area contributed by atoms with Crippen LogP contribution >= 0.6 is 0 Å². The van der Waals surface area contributed by atoms with Crippen molar-refractivity contribution in [1.29, 1.82) is 0 Å². The van der Waals surface area contributed by atoms with Gasteiger partial charge in [-0.1, -0.05) is 13.8 Å². The van der Waals surface area contributed by atoms with Gasteiger partial charge in [-0.3, -0.25) is 13.7 Å². The van der Waals surface area contributed by atoms with E-state index in [1.165, 1.54) is 7.11 Å². The summed E-state index contributed by atoms with van der Waals surface area (Å²) in [5.74, 6) is 0.109. The Bertz CT molecular complexity index is 457. The third-order valence-corrected chi connectivity index (χ3v) is 4.64. The molecule has 108 valence electrons. The maximum Gasteiger partial charge on any atom is 0.306 e. The molecule has 0 N–H and O–H groups in total. The zero-order chi connectivity index (χ0) is 14.4. The van der Waals surface area contributed by atoms with Gasteiger partial charge in [-0.2, -0.15) is 5.10 Å². The molecule has 0 aromatic carbocycles. The summed E-state index contributed by atoms with van der Waals surface area (Å²) in [6.45, 7) is 6.62. The molecule has 5 nitrogen and oxygen atoms in total. The van der Waals surface area contributed by atoms with E-state index < -0.39 is 10.8 Å². The molecule has 0 spiro atoms. The van der Waals surface area contributed by atoms with E-state index in [-0.39, 0.29) is 17.6 Å². The van der Waals surface area contributed by atoms with Crippen LogP contribution in [-0.4, -0.2) is 32.3 Å². The van der Waals surface area contributed by atoms with Gasteiger partial charge in [-0.15, -0.1) is 0 Å². The van der Waals surface area contributed by atoms with Crippen molar-refractivity contribution < 1.29 is 13.7 Å². The Kier molecular flexibility index (Phi) is 6.21. The first-order valence-corrected chi connectivity index (χ1v) is 7.89. The van der Waals surface area contributed by atoms with Crippen molar-refractivity contribution in [2.24, 2.45) is 0 Å². The molecule has 1 heterocycles. The van der Waals surface area contributed by atoms with Crippen LogP contribution in [0, 0.1) is 0 Å². The van der Waals surface area contributed by atoms with Crippen molar-refractivity contribution in [1.82, 2.24) is 9.78 Å². The summed E-state index contributed by atoms with van der Waals surface area (Å²) >= 11 is 0. The van der Waals surface area contributed by atoms with Crippen LogP contribution in [0.3, 0.4) is 0 Å². The highest BCUT2D eigenvalue weighted by Gasteiger charge is 2.18. The third-order valence-electron chi connectivity index (χ3n) is 3.00. The van der Waals surface area contributed by atoms with Gasteiger partial charge in [0, 0.05) is 22.6 Å². The van der Waals surface area contributed by atoms with Crippen LogP contribution in [0.5, 0.6) is 0 Å². The highest BCUT2D eigenvalue weighted by Crippen LogP contribution is 2.12. The zero-order valence-corrected chi connectivity index (χ0v) is 12.8. The number of ether oxygens (including phenoxy) is 1. The number of aromatic nitrogens is 2. The van der Waals surface area contributed by atoms with Gasteiger partial charge in [-0.25, -0.2) is 0 Å². The zero-order valence-electron chi connectivity index (χ0n) is 12.0. The van der Waals surface area contributed by atoms with E-state index in [0.29, 0.717) is 5.75 Å². The monoisotopic (exact) mass is 286 g/mol. The summed E-state index contributed by atoms with van der Waals surface area (Å²) in [5.41, 5.74) is 1.98. The van der Waals surface area contributed by atoms with Crippen LogP contribution in [0.2, 0.25) is 0 Å². The van der Waals surface area contributed by atoms with E-state index in [2.05, 4.69) is 9.84 Å². The summed E-state index contributed by atoms with van der Waals surface area (Å²) in [5, 5.41) is 4.22. The van der Waals surface area contributed by atoms with Gasteiger partial charge in [-0.05, 0) is 19.4 Å². The Balaban J connectivity index is 2.70. The maximum absolute atomic E-state index is 12.2. The largest absolute Gasteiger partial charge is 0.469 e. The summed E-state index contributed by atoms with van der Waals surface area (Å²) in [6, 6.07) is 1.99. The fraction of sp³-hybridized carbons (Fsp3) is 0.692. The number of hydrogen-bond acceptors (Lipinski definition) is 4. The molecule has 0 radical (unpaired) electrons. The number of carbonyl (C=O) groups excluding carboxylic acids is 1. The third kappa shape index (κ3) is 4.45. The Morgan fingerprint density at radius 3 is 2.74 bits per heavy atom. The molecule has 0 bridgehead atoms. The highest BCUT2D eigenvalue weighted by molar-refractivity contribution is 7.84. The first-order valence-electron chi connectivity index (χ1n) is 6.51. The van der Waals surface area contributed by atoms with Crippen LogP contribution in [0.1, 0.15) is 38.6 Å². The van der Waals surface area contributed by atoms with Gasteiger partial charge in [0.25, 0.3) is 0 Å². The minimum atomic E-state index is -1.10. The number of nitrogens with zero attached hydrogens (tertiary/aromatic N) is 2. The molecule has 2 unspecified atom stereocenters. The molecular weight excluding hydrogens is 264 g/mol. The fourth-order valence-electron chi connectivity index (χ4n) is 1.78. The van der Waals surface area contributed by atoms with Crippen LogP contribution in [-0.2, 0) is 39.0 Å². The van der Waals surface area contributed by atoms with E-state index in [0.717, 1.165) is 24.4 Å². The van der Waals surface area contributed by atoms with Crippen LogP contribution in [0.4, 0.5) is 0 Å². The summed E-state index contributed by atoms with van der Waals surface area (Å²) < 4.78 is 18.7. The number of hydrogen-bond donors (Lipinski definition) is 0. The molecule has 0 saturated carbocycles. The van der Waals surface area contributed by atoms with Crippen molar-refractivity contribution in [2.45, 2.75) is 51.2 Å². The lowest BCUT2D eigenvalue weighted by atomic mass is 10.3. The van der Waals surface area contributed by atoms with Crippen molar-refractivity contribution in [2.75, 3.05) is 7.11 Å². The van der Waals surface area contributed by atoms with Gasteiger partial charge < -0.3 is 4.74 Å². The van der Waals surface area contributed by atoms with Gasteiger partial charge in [0.05, 0.1) is 30.7 Å². The molecule has 0 amide bonds. The van der Waals surface area contributed by atoms with Crippen molar-refractivity contribution in [3.8, 4) is 0 Å². The quantitative estimate of drug-likeness (QED) is 0.715. The summed E-state index contributed by atoms with van der Waals surface area (Å²) in [6.07, 6.45) is 1.05. The van der Waals surface area contributed by atoms with Crippen molar-refractivity contribution in [3.05, 3.63) is 17.5 Å². The molecule has 1 aromatic rings. The molecule has 1 rings (SSSR count). The fourth-order valence-corrected chi connectivity index (χ4v) is 2.91. The van der Waals surface area contributed by atoms with Crippen molar-refractivity contribution in [3.63, 3.8) is 0 Å². The lowest BCUT2D eigenvalue weighted by Crippen LogP contribution is -2.19. The average molecular weight is 286 g/mol. The van der Waals surface area contributed by atoms with Crippen LogP contribution in [0.25, 0.3) is 0 Å². The van der Waals surface area contributed by atoms with Crippen LogP contribution < -0.4 is 0 Å². The molecule has 0 saturated heterocycles. The number of esters is 1. The Morgan fingerprint density at radius 2 is 2.21 bits per heavy atom. The Morgan fingerprint density at radius 1 is 1.53 bits per heavy atom. The molecule has 6 heteroatoms. The SMILES string of the molecule is CCc1cc(CS(=O)C(C)CC(=O)OC)n(CC)n1. The second-order valence-electron chi connectivity index (χ2n) is 4.41. The maximum atomic E-state index is 12.2. The smallest absolute Gasteiger partial charge is 0.306 e. The van der Waals surface area contributed by atoms with E-state index >= 15 is 0 Å². The number of aryl methyl sites for hydroxylation is 2. The van der Waals surface area contributed by atoms with Gasteiger partial charge in [0.1, 0.15) is 0 Å². The van der Waals surface area contributed by atoms with E-state index in [9.17, 15) is 9.00 Å². The second kappa shape index (κ2) is 7.43. The van der Waals surface area contributed by atoms with Crippen molar-refractivity contribution >= 4 is 16.8 Å². The van der Waals surface area contributed by atoms with E-state index in [1.807, 2.05) is 24.6 Å². The molecular formula is C13H22N2O3S. The number of carbonyl (C=O) groups is 1. The van der Waals surface area contributed by atoms with E-state index in [4.69, 9.17) is 0 Å². The first-order chi connectivity index (χ1) is 9.01. The minimum absolute atomic E-state index is 0.185. The molecule has 19 heavy (non-hydrogen) atoms. The van der Waals surface area contributed by atoms with Gasteiger partial charge in [0.15, 0.2) is 0 Å². The molecule has 0 aliphatic rings. The summed E-state index contributed by atoms with van der Waals surface area (Å²) in [7, 11) is 0.245. The average Bonchev–Trinajstić information content (AvgIpc) is 2.80. The first kappa shape index (κ1) is 15.9. The lowest BCUT2D eigenvalue weighted by molar-refractivity contribution is -0.140. The molecule has 0 fully saturated rings. The normalized spacial score (nSPS) is 14.1. The molecule has 0 aliphatic heterocycles. The summed E-state index contributed by atoms with van der Waals surface area (Å²) in [4.78, 5) is 11.2. The minimum Gasteiger partial charge on any atom is -0.469 e. The number of methoxy groups -OCH3 is 1. The van der Waals surface area contributed by atoms with Gasteiger partial charge >= 0.3 is 5.97 Å². The van der Waals surface area contributed by atoms with Crippen LogP contribution in [0.15, 0.2) is 6.07 Å².